The molecule has 0 unspecified atom stereocenters. The molecule has 0 bridgehead atoms. The first-order valence-electron chi connectivity index (χ1n) is 6.50. The Labute approximate surface area is 116 Å². The van der Waals surface area contributed by atoms with Gasteiger partial charge in [-0.2, -0.15) is 13.2 Å². The number of benzene rings is 1. The van der Waals surface area contributed by atoms with Crippen molar-refractivity contribution in [1.82, 2.24) is 0 Å². The first-order valence-corrected chi connectivity index (χ1v) is 6.50. The van der Waals surface area contributed by atoms with E-state index in [9.17, 15) is 18.3 Å². The SMILES string of the molecule is CCCC[C@@H](O)[C@@H](N)c1ccc(OC)cc1C(F)(F)F. The molecule has 1 rings (SSSR count). The molecule has 0 aliphatic carbocycles. The number of halogens is 3. The van der Waals surface area contributed by atoms with Crippen molar-refractivity contribution in [3.8, 4) is 5.75 Å². The molecule has 2 atom stereocenters. The summed E-state index contributed by atoms with van der Waals surface area (Å²) < 4.78 is 43.9. The maximum atomic E-state index is 13.0. The number of ether oxygens (including phenoxy) is 1. The number of rotatable bonds is 6. The molecule has 1 aromatic carbocycles. The summed E-state index contributed by atoms with van der Waals surface area (Å²) >= 11 is 0. The van der Waals surface area contributed by atoms with Crippen molar-refractivity contribution < 1.29 is 23.0 Å². The molecular formula is C14H20F3NO2. The van der Waals surface area contributed by atoms with Crippen molar-refractivity contribution in [3.05, 3.63) is 29.3 Å². The van der Waals surface area contributed by atoms with Gasteiger partial charge in [-0.3, -0.25) is 0 Å². The molecule has 0 amide bonds. The van der Waals surface area contributed by atoms with Gasteiger partial charge in [-0.1, -0.05) is 25.8 Å². The Bertz CT molecular complexity index is 435. The fourth-order valence-electron chi connectivity index (χ4n) is 2.00. The second-order valence-electron chi connectivity index (χ2n) is 4.69. The average molecular weight is 291 g/mol. The molecule has 1 aromatic rings. The highest BCUT2D eigenvalue weighted by Crippen LogP contribution is 2.37. The molecule has 0 aromatic heterocycles. The average Bonchev–Trinajstić information content (AvgIpc) is 2.42. The lowest BCUT2D eigenvalue weighted by Crippen LogP contribution is -2.28. The monoisotopic (exact) mass is 291 g/mol. The Kier molecular flexibility index (Phi) is 5.83. The molecule has 0 fully saturated rings. The Morgan fingerprint density at radius 1 is 1.35 bits per heavy atom. The van der Waals surface area contributed by atoms with Crippen LogP contribution in [0, 0.1) is 0 Å². The maximum absolute atomic E-state index is 13.0. The fourth-order valence-corrected chi connectivity index (χ4v) is 2.00. The van der Waals surface area contributed by atoms with E-state index in [1.54, 1.807) is 0 Å². The van der Waals surface area contributed by atoms with Gasteiger partial charge in [0, 0.05) is 0 Å². The fraction of sp³-hybridized carbons (Fsp3) is 0.571. The third-order valence-electron chi connectivity index (χ3n) is 3.19. The highest BCUT2D eigenvalue weighted by atomic mass is 19.4. The van der Waals surface area contributed by atoms with E-state index in [4.69, 9.17) is 10.5 Å². The molecule has 0 aliphatic heterocycles. The van der Waals surface area contributed by atoms with E-state index in [0.717, 1.165) is 12.5 Å². The smallest absolute Gasteiger partial charge is 0.416 e. The van der Waals surface area contributed by atoms with Crippen LogP contribution in [0.4, 0.5) is 13.2 Å². The van der Waals surface area contributed by atoms with Gasteiger partial charge in [0.25, 0.3) is 0 Å². The van der Waals surface area contributed by atoms with Crippen molar-refractivity contribution in [2.75, 3.05) is 7.11 Å². The molecule has 0 saturated carbocycles. The molecule has 0 aliphatic rings. The van der Waals surface area contributed by atoms with Crippen LogP contribution in [0.2, 0.25) is 0 Å². The van der Waals surface area contributed by atoms with Crippen LogP contribution in [0.15, 0.2) is 18.2 Å². The summed E-state index contributed by atoms with van der Waals surface area (Å²) in [6.07, 6.45) is -3.60. The zero-order chi connectivity index (χ0) is 15.3. The van der Waals surface area contributed by atoms with Gasteiger partial charge in [0.15, 0.2) is 0 Å². The van der Waals surface area contributed by atoms with Crippen LogP contribution in [0.5, 0.6) is 5.75 Å². The van der Waals surface area contributed by atoms with Gasteiger partial charge in [-0.25, -0.2) is 0 Å². The molecule has 0 heterocycles. The summed E-state index contributed by atoms with van der Waals surface area (Å²) in [4.78, 5) is 0. The molecule has 20 heavy (non-hydrogen) atoms. The molecule has 3 nitrogen and oxygen atoms in total. The molecule has 114 valence electrons. The van der Waals surface area contributed by atoms with Crippen LogP contribution in [-0.4, -0.2) is 18.3 Å². The quantitative estimate of drug-likeness (QED) is 0.845. The van der Waals surface area contributed by atoms with E-state index >= 15 is 0 Å². The van der Waals surface area contributed by atoms with Crippen molar-refractivity contribution in [1.29, 1.82) is 0 Å². The van der Waals surface area contributed by atoms with Gasteiger partial charge in [-0.05, 0) is 24.1 Å². The molecule has 0 spiro atoms. The number of hydrogen-bond donors (Lipinski definition) is 2. The highest BCUT2D eigenvalue weighted by Gasteiger charge is 2.36. The van der Waals surface area contributed by atoms with E-state index in [1.807, 2.05) is 6.92 Å². The predicted molar refractivity (Wildman–Crippen MR) is 70.5 cm³/mol. The Morgan fingerprint density at radius 2 is 2.00 bits per heavy atom. The van der Waals surface area contributed by atoms with Gasteiger partial charge in [0.2, 0.25) is 0 Å². The topological polar surface area (TPSA) is 55.5 Å². The summed E-state index contributed by atoms with van der Waals surface area (Å²) in [6.45, 7) is 1.94. The van der Waals surface area contributed by atoms with Crippen molar-refractivity contribution in [2.45, 2.75) is 44.5 Å². The third-order valence-corrected chi connectivity index (χ3v) is 3.19. The minimum Gasteiger partial charge on any atom is -0.497 e. The summed E-state index contributed by atoms with van der Waals surface area (Å²) in [6, 6.07) is 2.52. The van der Waals surface area contributed by atoms with Gasteiger partial charge < -0.3 is 15.6 Å². The van der Waals surface area contributed by atoms with E-state index in [-0.39, 0.29) is 11.3 Å². The number of aliphatic hydroxyl groups is 1. The first-order chi connectivity index (χ1) is 9.31. The lowest BCUT2D eigenvalue weighted by Gasteiger charge is -2.23. The zero-order valence-corrected chi connectivity index (χ0v) is 11.6. The van der Waals surface area contributed by atoms with Crippen molar-refractivity contribution in [2.24, 2.45) is 5.73 Å². The van der Waals surface area contributed by atoms with Gasteiger partial charge in [0.05, 0.1) is 24.8 Å². The molecule has 0 saturated heterocycles. The number of unbranched alkanes of at least 4 members (excludes halogenated alkanes) is 1. The Balaban J connectivity index is 3.10. The molecular weight excluding hydrogens is 271 g/mol. The second-order valence-corrected chi connectivity index (χ2v) is 4.69. The van der Waals surface area contributed by atoms with Crippen LogP contribution in [-0.2, 0) is 6.18 Å². The van der Waals surface area contributed by atoms with Crippen LogP contribution < -0.4 is 10.5 Å². The van der Waals surface area contributed by atoms with E-state index in [1.165, 1.54) is 19.2 Å². The predicted octanol–water partition coefficient (Wildman–Crippen LogP) is 3.26. The molecule has 6 heteroatoms. The number of aliphatic hydroxyl groups excluding tert-OH is 1. The second kappa shape index (κ2) is 6.95. The Hall–Kier alpha value is -1.27. The van der Waals surface area contributed by atoms with Crippen molar-refractivity contribution in [3.63, 3.8) is 0 Å². The van der Waals surface area contributed by atoms with Gasteiger partial charge in [0.1, 0.15) is 5.75 Å². The van der Waals surface area contributed by atoms with E-state index in [2.05, 4.69) is 0 Å². The largest absolute Gasteiger partial charge is 0.497 e. The minimum absolute atomic E-state index is 0.108. The van der Waals surface area contributed by atoms with Gasteiger partial charge in [-0.15, -0.1) is 0 Å². The maximum Gasteiger partial charge on any atom is 0.416 e. The number of alkyl halides is 3. The van der Waals surface area contributed by atoms with Crippen LogP contribution in [0.25, 0.3) is 0 Å². The van der Waals surface area contributed by atoms with E-state index in [0.29, 0.717) is 12.8 Å². The lowest BCUT2D eigenvalue weighted by atomic mass is 9.94. The standard InChI is InChI=1S/C14H20F3NO2/c1-3-4-5-12(19)13(18)10-7-6-9(20-2)8-11(10)14(15,16)17/h6-8,12-13,19H,3-5,18H2,1-2H3/t12-,13+/m1/s1. The normalized spacial score (nSPS) is 14.9. The lowest BCUT2D eigenvalue weighted by molar-refractivity contribution is -0.138. The number of methoxy groups -OCH3 is 1. The van der Waals surface area contributed by atoms with Crippen LogP contribution >= 0.6 is 0 Å². The third kappa shape index (κ3) is 4.11. The summed E-state index contributed by atoms with van der Waals surface area (Å²) in [7, 11) is 1.30. The highest BCUT2D eigenvalue weighted by molar-refractivity contribution is 5.39. The molecule has 3 N–H and O–H groups in total. The van der Waals surface area contributed by atoms with Crippen LogP contribution in [0.3, 0.4) is 0 Å². The minimum atomic E-state index is -4.54. The zero-order valence-electron chi connectivity index (χ0n) is 11.6. The van der Waals surface area contributed by atoms with Crippen LogP contribution in [0.1, 0.15) is 43.4 Å². The summed E-state index contributed by atoms with van der Waals surface area (Å²) in [5.74, 6) is 0.108. The van der Waals surface area contributed by atoms with E-state index < -0.39 is 23.9 Å². The molecule has 0 radical (unpaired) electrons. The van der Waals surface area contributed by atoms with Gasteiger partial charge >= 0.3 is 6.18 Å². The Morgan fingerprint density at radius 3 is 2.50 bits per heavy atom. The van der Waals surface area contributed by atoms with Crippen molar-refractivity contribution >= 4 is 0 Å². The first kappa shape index (κ1) is 16.8. The number of nitrogens with two attached hydrogens (primary N) is 1. The number of hydrogen-bond acceptors (Lipinski definition) is 3. The summed E-state index contributed by atoms with van der Waals surface area (Å²) in [5.41, 5.74) is 4.81. The summed E-state index contributed by atoms with van der Waals surface area (Å²) in [5, 5.41) is 9.90.